The van der Waals surface area contributed by atoms with Crippen molar-refractivity contribution in [3.63, 3.8) is 0 Å². The molecule has 6 heteroatoms. The number of nitrogens with one attached hydrogen (secondary N) is 1. The second-order valence-electron chi connectivity index (χ2n) is 5.08. The molecule has 21 heavy (non-hydrogen) atoms. The monoisotopic (exact) mass is 350 g/mol. The molecule has 0 fully saturated rings. The molecule has 0 aliphatic heterocycles. The molecule has 3 N–H and O–H groups in total. The first kappa shape index (κ1) is 15.7. The Morgan fingerprint density at radius 3 is 2.71 bits per heavy atom. The third-order valence-electron chi connectivity index (χ3n) is 3.34. The number of amides is 1. The van der Waals surface area contributed by atoms with E-state index >= 15 is 0 Å². The van der Waals surface area contributed by atoms with Crippen LogP contribution in [0.3, 0.4) is 0 Å². The molecule has 0 aliphatic rings. The van der Waals surface area contributed by atoms with Crippen LogP contribution in [0.25, 0.3) is 5.69 Å². The zero-order valence-electron chi connectivity index (χ0n) is 12.1. The van der Waals surface area contributed by atoms with Crippen LogP contribution < -0.4 is 11.1 Å². The van der Waals surface area contributed by atoms with Gasteiger partial charge in [0.1, 0.15) is 0 Å². The van der Waals surface area contributed by atoms with Crippen molar-refractivity contribution < 1.29 is 4.79 Å². The van der Waals surface area contributed by atoms with Gasteiger partial charge in [-0.15, -0.1) is 0 Å². The first-order chi connectivity index (χ1) is 10.0. The topological polar surface area (TPSA) is 72.9 Å². The first-order valence-corrected chi connectivity index (χ1v) is 7.61. The average Bonchev–Trinajstić information content (AvgIpc) is 2.87. The standard InChI is InChI=1S/C15H19BrN4O/c1-10(7-17)8-18-15(21)14-9-19-20(11(14)2)13-5-3-12(16)4-6-13/h3-6,9-10H,7-8,17H2,1-2H3,(H,18,21). The number of nitrogens with zero attached hydrogens (tertiary/aromatic N) is 2. The first-order valence-electron chi connectivity index (χ1n) is 6.81. The lowest BCUT2D eigenvalue weighted by Crippen LogP contribution is -2.31. The highest BCUT2D eigenvalue weighted by atomic mass is 79.9. The van der Waals surface area contributed by atoms with E-state index in [0.29, 0.717) is 18.7 Å². The summed E-state index contributed by atoms with van der Waals surface area (Å²) in [5, 5.41) is 7.18. The number of carbonyl (C=O) groups excluding carboxylic acids is 1. The third kappa shape index (κ3) is 3.71. The van der Waals surface area contributed by atoms with E-state index < -0.39 is 0 Å². The van der Waals surface area contributed by atoms with Crippen LogP contribution in [-0.4, -0.2) is 28.8 Å². The summed E-state index contributed by atoms with van der Waals surface area (Å²) < 4.78 is 2.76. The maximum atomic E-state index is 12.2. The summed E-state index contributed by atoms with van der Waals surface area (Å²) in [6.45, 7) is 5.00. The van der Waals surface area contributed by atoms with E-state index in [-0.39, 0.29) is 11.8 Å². The molecule has 1 amide bonds. The summed E-state index contributed by atoms with van der Waals surface area (Å²) in [5.74, 6) is 0.145. The molecule has 0 spiro atoms. The van der Waals surface area contributed by atoms with Gasteiger partial charge in [-0.2, -0.15) is 5.10 Å². The molecular weight excluding hydrogens is 332 g/mol. The highest BCUT2D eigenvalue weighted by molar-refractivity contribution is 9.10. The van der Waals surface area contributed by atoms with Gasteiger partial charge in [-0.05, 0) is 43.7 Å². The molecule has 1 aromatic heterocycles. The summed E-state index contributed by atoms with van der Waals surface area (Å²) in [7, 11) is 0. The molecule has 1 unspecified atom stereocenters. The second-order valence-corrected chi connectivity index (χ2v) is 6.00. The van der Waals surface area contributed by atoms with Gasteiger partial charge in [-0.3, -0.25) is 4.79 Å². The highest BCUT2D eigenvalue weighted by Crippen LogP contribution is 2.17. The lowest BCUT2D eigenvalue weighted by Gasteiger charge is -2.10. The Kier molecular flexibility index (Phi) is 5.14. The van der Waals surface area contributed by atoms with Gasteiger partial charge in [0.15, 0.2) is 0 Å². The molecule has 0 saturated heterocycles. The molecule has 2 rings (SSSR count). The van der Waals surface area contributed by atoms with E-state index in [1.54, 1.807) is 10.9 Å². The van der Waals surface area contributed by atoms with Gasteiger partial charge in [-0.1, -0.05) is 22.9 Å². The van der Waals surface area contributed by atoms with E-state index in [4.69, 9.17) is 5.73 Å². The van der Waals surface area contributed by atoms with Gasteiger partial charge in [0.05, 0.1) is 23.1 Å². The predicted octanol–water partition coefficient (Wildman–Crippen LogP) is 2.27. The summed E-state index contributed by atoms with van der Waals surface area (Å²) in [6.07, 6.45) is 1.60. The van der Waals surface area contributed by atoms with Crippen LogP contribution in [0.5, 0.6) is 0 Å². The normalized spacial score (nSPS) is 12.2. The summed E-state index contributed by atoms with van der Waals surface area (Å²) in [6, 6.07) is 7.78. The van der Waals surface area contributed by atoms with Crippen LogP contribution in [0.15, 0.2) is 34.9 Å². The minimum Gasteiger partial charge on any atom is -0.352 e. The van der Waals surface area contributed by atoms with Crippen LogP contribution in [0.4, 0.5) is 0 Å². The Bertz CT molecular complexity index is 621. The van der Waals surface area contributed by atoms with E-state index in [9.17, 15) is 4.79 Å². The van der Waals surface area contributed by atoms with E-state index in [1.807, 2.05) is 38.1 Å². The zero-order valence-corrected chi connectivity index (χ0v) is 13.7. The van der Waals surface area contributed by atoms with E-state index in [0.717, 1.165) is 15.9 Å². The van der Waals surface area contributed by atoms with Crippen LogP contribution in [-0.2, 0) is 0 Å². The average molecular weight is 351 g/mol. The smallest absolute Gasteiger partial charge is 0.254 e. The number of halogens is 1. The molecule has 0 radical (unpaired) electrons. The molecule has 1 atom stereocenters. The fourth-order valence-electron chi connectivity index (χ4n) is 1.92. The summed E-state index contributed by atoms with van der Waals surface area (Å²) >= 11 is 3.40. The summed E-state index contributed by atoms with van der Waals surface area (Å²) in [4.78, 5) is 12.2. The maximum absolute atomic E-state index is 12.2. The van der Waals surface area contributed by atoms with Crippen molar-refractivity contribution in [3.8, 4) is 5.69 Å². The minimum absolute atomic E-state index is 0.115. The molecule has 1 aromatic carbocycles. The molecular formula is C15H19BrN4O. The van der Waals surface area contributed by atoms with Crippen LogP contribution in [0.1, 0.15) is 23.0 Å². The Morgan fingerprint density at radius 2 is 2.10 bits per heavy atom. The molecule has 112 valence electrons. The van der Waals surface area contributed by atoms with Crippen molar-refractivity contribution in [1.29, 1.82) is 0 Å². The Balaban J connectivity index is 2.16. The number of hydrogen-bond acceptors (Lipinski definition) is 3. The van der Waals surface area contributed by atoms with Crippen LogP contribution in [0, 0.1) is 12.8 Å². The number of hydrogen-bond donors (Lipinski definition) is 2. The quantitative estimate of drug-likeness (QED) is 0.868. The van der Waals surface area contributed by atoms with Crippen molar-refractivity contribution in [2.75, 3.05) is 13.1 Å². The van der Waals surface area contributed by atoms with Crippen molar-refractivity contribution in [3.05, 3.63) is 46.2 Å². The fourth-order valence-corrected chi connectivity index (χ4v) is 2.18. The van der Waals surface area contributed by atoms with Gasteiger partial charge in [-0.25, -0.2) is 4.68 Å². The molecule has 2 aromatic rings. The number of benzene rings is 1. The van der Waals surface area contributed by atoms with Crippen molar-refractivity contribution in [1.82, 2.24) is 15.1 Å². The van der Waals surface area contributed by atoms with Gasteiger partial charge in [0.2, 0.25) is 0 Å². The second kappa shape index (κ2) is 6.87. The lowest BCUT2D eigenvalue weighted by atomic mass is 10.1. The number of nitrogens with two attached hydrogens (primary N) is 1. The van der Waals surface area contributed by atoms with Gasteiger partial charge in [0.25, 0.3) is 5.91 Å². The third-order valence-corrected chi connectivity index (χ3v) is 3.87. The van der Waals surface area contributed by atoms with Gasteiger partial charge < -0.3 is 11.1 Å². The van der Waals surface area contributed by atoms with Crippen LogP contribution >= 0.6 is 15.9 Å². The predicted molar refractivity (Wildman–Crippen MR) is 86.6 cm³/mol. The molecule has 0 bridgehead atoms. The largest absolute Gasteiger partial charge is 0.352 e. The van der Waals surface area contributed by atoms with Gasteiger partial charge >= 0.3 is 0 Å². The van der Waals surface area contributed by atoms with Crippen molar-refractivity contribution in [2.45, 2.75) is 13.8 Å². The molecule has 5 nitrogen and oxygen atoms in total. The van der Waals surface area contributed by atoms with E-state index in [1.165, 1.54) is 0 Å². The SMILES string of the molecule is Cc1c(C(=O)NCC(C)CN)cnn1-c1ccc(Br)cc1. The Hall–Kier alpha value is -1.66. The lowest BCUT2D eigenvalue weighted by molar-refractivity contribution is 0.0948. The van der Waals surface area contributed by atoms with Crippen LogP contribution in [0.2, 0.25) is 0 Å². The summed E-state index contributed by atoms with van der Waals surface area (Å²) in [5.41, 5.74) is 7.87. The maximum Gasteiger partial charge on any atom is 0.254 e. The molecule has 0 aliphatic carbocycles. The van der Waals surface area contributed by atoms with Crippen molar-refractivity contribution >= 4 is 21.8 Å². The highest BCUT2D eigenvalue weighted by Gasteiger charge is 2.15. The number of rotatable bonds is 5. The fraction of sp³-hybridized carbons (Fsp3) is 0.333. The number of aromatic nitrogens is 2. The number of carbonyl (C=O) groups is 1. The van der Waals surface area contributed by atoms with Crippen molar-refractivity contribution in [2.24, 2.45) is 11.7 Å². The van der Waals surface area contributed by atoms with E-state index in [2.05, 4.69) is 26.3 Å². The zero-order chi connectivity index (χ0) is 15.4. The molecule has 0 saturated carbocycles. The Morgan fingerprint density at radius 1 is 1.43 bits per heavy atom. The Labute approximate surface area is 132 Å². The minimum atomic E-state index is -0.115. The molecule has 1 heterocycles. The van der Waals surface area contributed by atoms with Gasteiger partial charge in [0, 0.05) is 11.0 Å².